The molecule has 1 aromatic heterocycles. The molecule has 122 valence electrons. The molecule has 5 nitrogen and oxygen atoms in total. The number of rotatable bonds is 4. The average Bonchev–Trinajstić information content (AvgIpc) is 3.14. The van der Waals surface area contributed by atoms with Crippen molar-refractivity contribution in [2.45, 2.75) is 31.8 Å². The van der Waals surface area contributed by atoms with E-state index in [0.717, 1.165) is 30.5 Å². The summed E-state index contributed by atoms with van der Waals surface area (Å²) in [4.78, 5) is 14.3. The maximum absolute atomic E-state index is 13.3. The minimum atomic E-state index is -0.229. The number of benzene rings is 1. The minimum Gasteiger partial charge on any atom is -0.334 e. The second-order valence-electron chi connectivity index (χ2n) is 6.00. The van der Waals surface area contributed by atoms with Crippen LogP contribution >= 0.6 is 0 Å². The Balaban J connectivity index is 1.58. The van der Waals surface area contributed by atoms with E-state index in [4.69, 9.17) is 0 Å². The third-order valence-corrected chi connectivity index (χ3v) is 4.20. The molecule has 2 amide bonds. The predicted octanol–water partition coefficient (Wildman–Crippen LogP) is 2.48. The predicted molar refractivity (Wildman–Crippen MR) is 85.3 cm³/mol. The number of amides is 2. The Labute approximate surface area is 135 Å². The smallest absolute Gasteiger partial charge is 0.317 e. The van der Waals surface area contributed by atoms with E-state index >= 15 is 0 Å². The van der Waals surface area contributed by atoms with Crippen LogP contribution in [0.2, 0.25) is 0 Å². The molecule has 1 atom stereocenters. The molecule has 1 aliphatic rings. The number of nitrogens with one attached hydrogen (secondary N) is 1. The van der Waals surface area contributed by atoms with Crippen LogP contribution in [0.25, 0.3) is 0 Å². The summed E-state index contributed by atoms with van der Waals surface area (Å²) >= 11 is 0. The summed E-state index contributed by atoms with van der Waals surface area (Å²) in [6.07, 6.45) is 6.26. The van der Waals surface area contributed by atoms with Gasteiger partial charge >= 0.3 is 6.03 Å². The maximum Gasteiger partial charge on any atom is 0.317 e. The van der Waals surface area contributed by atoms with Crippen LogP contribution in [0.3, 0.4) is 0 Å². The maximum atomic E-state index is 13.3. The molecule has 23 heavy (non-hydrogen) atoms. The van der Waals surface area contributed by atoms with E-state index in [1.807, 2.05) is 24.2 Å². The summed E-state index contributed by atoms with van der Waals surface area (Å²) in [5.74, 6) is -0.229. The van der Waals surface area contributed by atoms with Crippen molar-refractivity contribution in [1.29, 1.82) is 0 Å². The van der Waals surface area contributed by atoms with Crippen molar-refractivity contribution in [3.8, 4) is 0 Å². The third kappa shape index (κ3) is 3.88. The molecule has 1 N–H and O–H groups in total. The first-order chi connectivity index (χ1) is 11.1. The topological polar surface area (TPSA) is 50.2 Å². The Morgan fingerprint density at radius 1 is 1.43 bits per heavy atom. The highest BCUT2D eigenvalue weighted by molar-refractivity contribution is 5.74. The SMILES string of the molecule is Cn1cc(CNC(=O)N2CCCC2Cc2cccc(F)c2)cn1. The van der Waals surface area contributed by atoms with Crippen LogP contribution < -0.4 is 5.32 Å². The molecule has 1 saturated heterocycles. The number of carbonyl (C=O) groups excluding carboxylic acids is 1. The van der Waals surface area contributed by atoms with Gasteiger partial charge in [-0.15, -0.1) is 0 Å². The summed E-state index contributed by atoms with van der Waals surface area (Å²) < 4.78 is 15.0. The van der Waals surface area contributed by atoms with Gasteiger partial charge in [0.15, 0.2) is 0 Å². The molecule has 0 bridgehead atoms. The van der Waals surface area contributed by atoms with Crippen LogP contribution in [-0.4, -0.2) is 33.3 Å². The van der Waals surface area contributed by atoms with E-state index in [2.05, 4.69) is 10.4 Å². The van der Waals surface area contributed by atoms with Gasteiger partial charge in [0.25, 0.3) is 0 Å². The zero-order valence-corrected chi connectivity index (χ0v) is 13.2. The van der Waals surface area contributed by atoms with Gasteiger partial charge in [0, 0.05) is 37.9 Å². The van der Waals surface area contributed by atoms with Crippen molar-refractivity contribution in [3.05, 3.63) is 53.6 Å². The van der Waals surface area contributed by atoms with Gasteiger partial charge in [-0.2, -0.15) is 5.10 Å². The summed E-state index contributed by atoms with van der Waals surface area (Å²) in [5, 5.41) is 7.03. The highest BCUT2D eigenvalue weighted by Crippen LogP contribution is 2.21. The number of carbonyl (C=O) groups is 1. The van der Waals surface area contributed by atoms with Gasteiger partial charge in [-0.3, -0.25) is 4.68 Å². The van der Waals surface area contributed by atoms with E-state index in [9.17, 15) is 9.18 Å². The lowest BCUT2D eigenvalue weighted by Gasteiger charge is -2.25. The number of aromatic nitrogens is 2. The molecule has 0 radical (unpaired) electrons. The molecule has 0 aliphatic carbocycles. The summed E-state index contributed by atoms with van der Waals surface area (Å²) in [7, 11) is 1.85. The summed E-state index contributed by atoms with van der Waals surface area (Å²) in [5.41, 5.74) is 1.91. The molecule has 0 saturated carbocycles. The van der Waals surface area contributed by atoms with E-state index in [0.29, 0.717) is 13.0 Å². The molecule has 2 heterocycles. The average molecular weight is 316 g/mol. The van der Waals surface area contributed by atoms with E-state index < -0.39 is 0 Å². The van der Waals surface area contributed by atoms with Gasteiger partial charge in [-0.1, -0.05) is 12.1 Å². The molecule has 1 unspecified atom stereocenters. The third-order valence-electron chi connectivity index (χ3n) is 4.20. The quantitative estimate of drug-likeness (QED) is 0.942. The van der Waals surface area contributed by atoms with Gasteiger partial charge in [0.2, 0.25) is 0 Å². The van der Waals surface area contributed by atoms with Crippen molar-refractivity contribution >= 4 is 6.03 Å². The van der Waals surface area contributed by atoms with Crippen LogP contribution in [0.15, 0.2) is 36.7 Å². The highest BCUT2D eigenvalue weighted by atomic mass is 19.1. The van der Waals surface area contributed by atoms with Crippen molar-refractivity contribution in [2.24, 2.45) is 7.05 Å². The summed E-state index contributed by atoms with van der Waals surface area (Å²) in [6.45, 7) is 1.22. The second-order valence-corrected chi connectivity index (χ2v) is 6.00. The number of aryl methyl sites for hydroxylation is 1. The molecule has 1 aliphatic heterocycles. The lowest BCUT2D eigenvalue weighted by molar-refractivity contribution is 0.192. The normalized spacial score (nSPS) is 17.5. The standard InChI is InChI=1S/C17H21FN4O/c1-21-12-14(11-20-21)10-19-17(23)22-7-3-6-16(22)9-13-4-2-5-15(18)8-13/h2,4-5,8,11-12,16H,3,6-7,9-10H2,1H3,(H,19,23). The van der Waals surface area contributed by atoms with Crippen molar-refractivity contribution in [2.75, 3.05) is 6.54 Å². The van der Waals surface area contributed by atoms with Crippen LogP contribution in [0.1, 0.15) is 24.0 Å². The zero-order chi connectivity index (χ0) is 16.2. The van der Waals surface area contributed by atoms with Gasteiger partial charge in [0.05, 0.1) is 6.20 Å². The number of hydrogen-bond donors (Lipinski definition) is 1. The summed E-state index contributed by atoms with van der Waals surface area (Å²) in [6, 6.07) is 6.68. The highest BCUT2D eigenvalue weighted by Gasteiger charge is 2.28. The monoisotopic (exact) mass is 316 g/mol. The molecule has 1 aromatic carbocycles. The molecule has 0 spiro atoms. The Bertz CT molecular complexity index is 685. The fraction of sp³-hybridized carbons (Fsp3) is 0.412. The first-order valence-corrected chi connectivity index (χ1v) is 7.88. The molecule has 2 aromatic rings. The van der Waals surface area contributed by atoms with Gasteiger partial charge in [0.1, 0.15) is 5.82 Å². The molecule has 6 heteroatoms. The zero-order valence-electron chi connectivity index (χ0n) is 13.2. The lowest BCUT2D eigenvalue weighted by Crippen LogP contribution is -2.43. The van der Waals surface area contributed by atoms with Crippen LogP contribution in [0.4, 0.5) is 9.18 Å². The van der Waals surface area contributed by atoms with Crippen molar-refractivity contribution < 1.29 is 9.18 Å². The number of urea groups is 1. The lowest BCUT2D eigenvalue weighted by atomic mass is 10.0. The van der Waals surface area contributed by atoms with E-state index in [1.54, 1.807) is 23.0 Å². The number of nitrogens with zero attached hydrogens (tertiary/aromatic N) is 3. The first-order valence-electron chi connectivity index (χ1n) is 7.88. The Hall–Kier alpha value is -2.37. The Morgan fingerprint density at radius 3 is 3.04 bits per heavy atom. The fourth-order valence-electron chi connectivity index (χ4n) is 3.09. The van der Waals surface area contributed by atoms with Gasteiger partial charge in [-0.25, -0.2) is 9.18 Å². The number of halogens is 1. The largest absolute Gasteiger partial charge is 0.334 e. The fourth-order valence-corrected chi connectivity index (χ4v) is 3.09. The van der Waals surface area contributed by atoms with Crippen LogP contribution in [0.5, 0.6) is 0 Å². The number of likely N-dealkylation sites (tertiary alicyclic amines) is 1. The van der Waals surface area contributed by atoms with Crippen LogP contribution in [0, 0.1) is 5.82 Å². The Kier molecular flexibility index (Phi) is 4.60. The van der Waals surface area contributed by atoms with E-state index in [1.165, 1.54) is 6.07 Å². The van der Waals surface area contributed by atoms with Gasteiger partial charge < -0.3 is 10.2 Å². The Morgan fingerprint density at radius 2 is 2.30 bits per heavy atom. The minimum absolute atomic E-state index is 0.0623. The first kappa shape index (κ1) is 15.5. The molecular weight excluding hydrogens is 295 g/mol. The second kappa shape index (κ2) is 6.81. The van der Waals surface area contributed by atoms with Crippen molar-refractivity contribution in [1.82, 2.24) is 20.0 Å². The molecule has 1 fully saturated rings. The van der Waals surface area contributed by atoms with E-state index in [-0.39, 0.29) is 17.9 Å². The number of hydrogen-bond acceptors (Lipinski definition) is 2. The van der Waals surface area contributed by atoms with Gasteiger partial charge in [-0.05, 0) is 37.0 Å². The molecular formula is C17H21FN4O. The molecule has 3 rings (SSSR count). The van der Waals surface area contributed by atoms with Crippen LogP contribution in [-0.2, 0) is 20.0 Å². The van der Waals surface area contributed by atoms with Crippen molar-refractivity contribution in [3.63, 3.8) is 0 Å².